The van der Waals surface area contributed by atoms with E-state index in [2.05, 4.69) is 0 Å². The molecule has 0 saturated heterocycles. The summed E-state index contributed by atoms with van der Waals surface area (Å²) >= 11 is 0. The monoisotopic (exact) mass is 205 g/mol. The van der Waals surface area contributed by atoms with Crippen LogP contribution in [0.2, 0.25) is 19.6 Å². The van der Waals surface area contributed by atoms with Gasteiger partial charge in [-0.1, -0.05) is 6.92 Å². The Bertz CT molecular complexity index is 211. The molecule has 0 spiro atoms. The summed E-state index contributed by atoms with van der Waals surface area (Å²) in [5, 5.41) is 10.4. The molecule has 0 fully saturated rings. The number of hydrogen-bond donors (Lipinski definition) is 0. The van der Waals surface area contributed by atoms with Crippen LogP contribution in [0.5, 0.6) is 0 Å². The van der Waals surface area contributed by atoms with Crippen molar-refractivity contribution in [1.29, 1.82) is 0 Å². The first-order valence-electron chi connectivity index (χ1n) is 4.14. The van der Waals surface area contributed by atoms with Crippen LogP contribution in [0.25, 0.3) is 0 Å². The molecule has 0 aliphatic rings. The third-order valence-electron chi connectivity index (χ3n) is 1.32. The van der Waals surface area contributed by atoms with E-state index < -0.39 is 25.3 Å². The van der Waals surface area contributed by atoms with Crippen molar-refractivity contribution in [3.8, 4) is 0 Å². The second-order valence-corrected chi connectivity index (χ2v) is 8.17. The highest BCUT2D eigenvalue weighted by molar-refractivity contribution is 6.71. The Morgan fingerprint density at radius 1 is 1.54 bits per heavy atom. The highest BCUT2D eigenvalue weighted by Gasteiger charge is 2.32. The normalized spacial score (nSPS) is 13.5. The quantitative estimate of drug-likeness (QED) is 0.395. The molecular formula is C7H15NO4Si. The fourth-order valence-corrected chi connectivity index (χ4v) is 1.51. The molecule has 0 heterocycles. The zero-order valence-electron chi connectivity index (χ0n) is 8.36. The summed E-state index contributed by atoms with van der Waals surface area (Å²) in [4.78, 5) is 21.0. The Morgan fingerprint density at radius 2 is 2.00 bits per heavy atom. The summed E-state index contributed by atoms with van der Waals surface area (Å²) in [6, 6.07) is -1.20. The summed E-state index contributed by atoms with van der Waals surface area (Å²) in [5.41, 5.74) is 0. The van der Waals surface area contributed by atoms with Crippen molar-refractivity contribution in [1.82, 2.24) is 0 Å². The van der Waals surface area contributed by atoms with Crippen molar-refractivity contribution in [2.45, 2.75) is 39.0 Å². The first-order chi connectivity index (χ1) is 5.78. The summed E-state index contributed by atoms with van der Waals surface area (Å²) in [5.74, 6) is -0.702. The van der Waals surface area contributed by atoms with Gasteiger partial charge in [0.05, 0.1) is 0 Å². The number of carbonyl (C=O) groups excluding carboxylic acids is 1. The lowest BCUT2D eigenvalue weighted by Crippen LogP contribution is -2.38. The van der Waals surface area contributed by atoms with E-state index in [1.165, 1.54) is 0 Å². The molecule has 1 unspecified atom stereocenters. The minimum atomic E-state index is -2.00. The van der Waals surface area contributed by atoms with Crippen LogP contribution < -0.4 is 0 Å². The van der Waals surface area contributed by atoms with Crippen molar-refractivity contribution in [3.63, 3.8) is 0 Å². The molecule has 76 valence electrons. The molecule has 0 radical (unpaired) electrons. The van der Waals surface area contributed by atoms with Crippen molar-refractivity contribution < 1.29 is 14.1 Å². The molecule has 0 amide bonds. The van der Waals surface area contributed by atoms with Gasteiger partial charge < -0.3 is 4.43 Å². The highest BCUT2D eigenvalue weighted by atomic mass is 28.4. The molecular weight excluding hydrogens is 190 g/mol. The van der Waals surface area contributed by atoms with Crippen LogP contribution in [-0.2, 0) is 9.22 Å². The SMILES string of the molecule is CCC(C(=O)O[Si](C)(C)C)[N+](=O)[O-]. The minimum Gasteiger partial charge on any atom is -0.515 e. The van der Waals surface area contributed by atoms with Gasteiger partial charge in [-0.15, -0.1) is 0 Å². The van der Waals surface area contributed by atoms with Gasteiger partial charge in [-0.25, -0.2) is 4.79 Å². The predicted octanol–water partition coefficient (Wildman–Crippen LogP) is 1.42. The van der Waals surface area contributed by atoms with Gasteiger partial charge >= 0.3 is 12.0 Å². The van der Waals surface area contributed by atoms with Crippen LogP contribution in [0.4, 0.5) is 0 Å². The van der Waals surface area contributed by atoms with Crippen LogP contribution in [-0.4, -0.2) is 25.3 Å². The molecule has 0 aliphatic carbocycles. The molecule has 0 bridgehead atoms. The second kappa shape index (κ2) is 4.36. The van der Waals surface area contributed by atoms with E-state index >= 15 is 0 Å². The van der Waals surface area contributed by atoms with Crippen LogP contribution in [0, 0.1) is 10.1 Å². The lowest BCUT2D eigenvalue weighted by molar-refractivity contribution is -0.510. The van der Waals surface area contributed by atoms with Gasteiger partial charge in [-0.05, 0) is 19.6 Å². The Balaban J connectivity index is 4.32. The average molecular weight is 205 g/mol. The highest BCUT2D eigenvalue weighted by Crippen LogP contribution is 2.07. The molecule has 0 N–H and O–H groups in total. The maximum Gasteiger partial charge on any atom is 0.368 e. The van der Waals surface area contributed by atoms with Gasteiger partial charge in [-0.3, -0.25) is 10.1 Å². The van der Waals surface area contributed by atoms with E-state index in [4.69, 9.17) is 4.43 Å². The van der Waals surface area contributed by atoms with Gasteiger partial charge in [0.2, 0.25) is 8.32 Å². The summed E-state index contributed by atoms with van der Waals surface area (Å²) in [7, 11) is -2.00. The van der Waals surface area contributed by atoms with Crippen LogP contribution in [0.1, 0.15) is 13.3 Å². The van der Waals surface area contributed by atoms with E-state index in [9.17, 15) is 14.9 Å². The first-order valence-corrected chi connectivity index (χ1v) is 7.55. The lowest BCUT2D eigenvalue weighted by Gasteiger charge is -2.18. The predicted molar refractivity (Wildman–Crippen MR) is 50.5 cm³/mol. The maximum atomic E-state index is 11.2. The maximum absolute atomic E-state index is 11.2. The zero-order valence-corrected chi connectivity index (χ0v) is 9.36. The fourth-order valence-electron chi connectivity index (χ4n) is 0.772. The Kier molecular flexibility index (Phi) is 4.05. The molecule has 0 rings (SSSR count). The first kappa shape index (κ1) is 12.1. The van der Waals surface area contributed by atoms with E-state index in [1.54, 1.807) is 6.92 Å². The van der Waals surface area contributed by atoms with Crippen molar-refractivity contribution in [3.05, 3.63) is 10.1 Å². The van der Waals surface area contributed by atoms with Crippen LogP contribution >= 0.6 is 0 Å². The number of rotatable bonds is 4. The van der Waals surface area contributed by atoms with Crippen molar-refractivity contribution in [2.24, 2.45) is 0 Å². The van der Waals surface area contributed by atoms with Crippen molar-refractivity contribution in [2.75, 3.05) is 0 Å². The molecule has 6 heteroatoms. The van der Waals surface area contributed by atoms with E-state index in [1.807, 2.05) is 19.6 Å². The van der Waals surface area contributed by atoms with Crippen LogP contribution in [0.3, 0.4) is 0 Å². The number of hydrogen-bond acceptors (Lipinski definition) is 4. The molecule has 0 aromatic heterocycles. The largest absolute Gasteiger partial charge is 0.515 e. The van der Waals surface area contributed by atoms with Gasteiger partial charge in [-0.2, -0.15) is 0 Å². The van der Waals surface area contributed by atoms with Crippen molar-refractivity contribution >= 4 is 14.3 Å². The Morgan fingerprint density at radius 3 is 2.23 bits per heavy atom. The second-order valence-electron chi connectivity index (χ2n) is 3.74. The molecule has 0 aromatic rings. The van der Waals surface area contributed by atoms with Crippen LogP contribution in [0.15, 0.2) is 0 Å². The Labute approximate surface area is 78.4 Å². The topological polar surface area (TPSA) is 69.4 Å². The smallest absolute Gasteiger partial charge is 0.368 e. The fraction of sp³-hybridized carbons (Fsp3) is 0.857. The number of nitro groups is 1. The molecule has 0 aromatic carbocycles. The zero-order chi connectivity index (χ0) is 10.6. The summed E-state index contributed by atoms with van der Waals surface area (Å²) < 4.78 is 5.01. The summed E-state index contributed by atoms with van der Waals surface area (Å²) in [6.45, 7) is 7.05. The minimum absolute atomic E-state index is 0.177. The molecule has 0 saturated carbocycles. The van der Waals surface area contributed by atoms with E-state index in [0.29, 0.717) is 0 Å². The molecule has 0 aliphatic heterocycles. The average Bonchev–Trinajstić information content (AvgIpc) is 1.82. The van der Waals surface area contributed by atoms with Gasteiger partial charge in [0.1, 0.15) is 0 Å². The van der Waals surface area contributed by atoms with Gasteiger partial charge in [0, 0.05) is 11.3 Å². The lowest BCUT2D eigenvalue weighted by atomic mass is 10.2. The Hall–Kier alpha value is -0.913. The van der Waals surface area contributed by atoms with E-state index in [0.717, 1.165) is 0 Å². The van der Waals surface area contributed by atoms with Gasteiger partial charge in [0.25, 0.3) is 0 Å². The summed E-state index contributed by atoms with van der Waals surface area (Å²) in [6.07, 6.45) is 0.177. The molecule has 1 atom stereocenters. The molecule has 5 nitrogen and oxygen atoms in total. The third kappa shape index (κ3) is 4.61. The number of carbonyl (C=O) groups is 1. The standard InChI is InChI=1S/C7H15NO4Si/c1-5-6(8(10)11)7(9)12-13(2,3)4/h6H,5H2,1-4H3. The third-order valence-corrected chi connectivity index (χ3v) is 2.13. The van der Waals surface area contributed by atoms with Gasteiger partial charge in [0.15, 0.2) is 0 Å². The molecule has 13 heavy (non-hydrogen) atoms. The number of nitrogens with zero attached hydrogens (tertiary/aromatic N) is 1. The van der Waals surface area contributed by atoms with E-state index in [-0.39, 0.29) is 6.42 Å².